The monoisotopic (exact) mass is 376 g/mol. The molecule has 0 saturated carbocycles. The highest BCUT2D eigenvalue weighted by atomic mass is 19.4. The van der Waals surface area contributed by atoms with Crippen LogP contribution in [0.4, 0.5) is 24.5 Å². The highest BCUT2D eigenvalue weighted by Crippen LogP contribution is 2.32. The summed E-state index contributed by atoms with van der Waals surface area (Å²) < 4.78 is 38.1. The van der Waals surface area contributed by atoms with E-state index in [0.29, 0.717) is 12.2 Å². The van der Waals surface area contributed by atoms with Gasteiger partial charge in [0.25, 0.3) is 0 Å². The molecular formula is C20H19F3N2O2. The Bertz CT molecular complexity index is 819. The summed E-state index contributed by atoms with van der Waals surface area (Å²) >= 11 is 0. The molecule has 0 N–H and O–H groups in total. The van der Waals surface area contributed by atoms with Gasteiger partial charge in [0, 0.05) is 30.9 Å². The molecule has 0 aliphatic carbocycles. The second-order valence-electron chi connectivity index (χ2n) is 6.37. The van der Waals surface area contributed by atoms with Gasteiger partial charge in [-0.3, -0.25) is 9.59 Å². The molecule has 142 valence electrons. The van der Waals surface area contributed by atoms with Gasteiger partial charge in [0.15, 0.2) is 0 Å². The van der Waals surface area contributed by atoms with Gasteiger partial charge in [-0.15, -0.1) is 0 Å². The Morgan fingerprint density at radius 3 is 2.30 bits per heavy atom. The van der Waals surface area contributed by atoms with Crippen molar-refractivity contribution in [3.05, 3.63) is 60.2 Å². The SMILES string of the molecule is CCN(C(=O)C1CC(=O)N(c2ccc(C(F)(F)F)cc2)C1)c1ccccc1. The largest absolute Gasteiger partial charge is 0.416 e. The first kappa shape index (κ1) is 18.9. The zero-order valence-electron chi connectivity index (χ0n) is 14.7. The Balaban J connectivity index is 1.76. The lowest BCUT2D eigenvalue weighted by molar-refractivity contribution is -0.137. The summed E-state index contributed by atoms with van der Waals surface area (Å²) in [6.07, 6.45) is -4.38. The number of nitrogens with zero attached hydrogens (tertiary/aromatic N) is 2. The van der Waals surface area contributed by atoms with Crippen molar-refractivity contribution in [1.29, 1.82) is 0 Å². The van der Waals surface area contributed by atoms with Crippen LogP contribution >= 0.6 is 0 Å². The highest BCUT2D eigenvalue weighted by molar-refractivity contribution is 6.04. The Morgan fingerprint density at radius 2 is 1.74 bits per heavy atom. The molecular weight excluding hydrogens is 357 g/mol. The third-order valence-electron chi connectivity index (χ3n) is 4.63. The van der Waals surface area contributed by atoms with Crippen molar-refractivity contribution in [2.24, 2.45) is 5.92 Å². The van der Waals surface area contributed by atoms with Crippen LogP contribution in [0.15, 0.2) is 54.6 Å². The molecule has 4 nitrogen and oxygen atoms in total. The van der Waals surface area contributed by atoms with Crippen molar-refractivity contribution in [2.75, 3.05) is 22.9 Å². The minimum Gasteiger partial charge on any atom is -0.312 e. The molecule has 0 radical (unpaired) electrons. The maximum Gasteiger partial charge on any atom is 0.416 e. The number of hydrogen-bond acceptors (Lipinski definition) is 2. The number of para-hydroxylation sites is 1. The van der Waals surface area contributed by atoms with Crippen molar-refractivity contribution < 1.29 is 22.8 Å². The fourth-order valence-electron chi connectivity index (χ4n) is 3.25. The number of anilines is 2. The molecule has 3 rings (SSSR count). The molecule has 0 bridgehead atoms. The summed E-state index contributed by atoms with van der Waals surface area (Å²) in [7, 11) is 0. The lowest BCUT2D eigenvalue weighted by Gasteiger charge is -2.24. The first-order chi connectivity index (χ1) is 12.8. The molecule has 0 aromatic heterocycles. The molecule has 1 heterocycles. The fourth-order valence-corrected chi connectivity index (χ4v) is 3.25. The lowest BCUT2D eigenvalue weighted by atomic mass is 10.1. The van der Waals surface area contributed by atoms with Crippen LogP contribution in [0.2, 0.25) is 0 Å². The predicted octanol–water partition coefficient (Wildman–Crippen LogP) is 4.11. The zero-order valence-corrected chi connectivity index (χ0v) is 14.7. The van der Waals surface area contributed by atoms with E-state index < -0.39 is 17.7 Å². The lowest BCUT2D eigenvalue weighted by Crippen LogP contribution is -2.37. The van der Waals surface area contributed by atoms with Gasteiger partial charge in [0.1, 0.15) is 0 Å². The van der Waals surface area contributed by atoms with Crippen molar-refractivity contribution >= 4 is 23.2 Å². The van der Waals surface area contributed by atoms with E-state index in [0.717, 1.165) is 17.8 Å². The van der Waals surface area contributed by atoms with Gasteiger partial charge in [-0.2, -0.15) is 13.2 Å². The highest BCUT2D eigenvalue weighted by Gasteiger charge is 2.38. The second-order valence-corrected chi connectivity index (χ2v) is 6.37. The second kappa shape index (κ2) is 7.42. The average molecular weight is 376 g/mol. The normalized spacial score (nSPS) is 17.3. The van der Waals surface area contributed by atoms with E-state index >= 15 is 0 Å². The van der Waals surface area contributed by atoms with Gasteiger partial charge < -0.3 is 9.80 Å². The maximum atomic E-state index is 12.9. The van der Waals surface area contributed by atoms with Gasteiger partial charge in [0.2, 0.25) is 11.8 Å². The molecule has 2 aromatic carbocycles. The number of carbonyl (C=O) groups excluding carboxylic acids is 2. The molecule has 1 unspecified atom stereocenters. The number of amides is 2. The average Bonchev–Trinajstić information content (AvgIpc) is 3.04. The number of rotatable bonds is 4. The number of hydrogen-bond donors (Lipinski definition) is 0. The van der Waals surface area contributed by atoms with Gasteiger partial charge in [0.05, 0.1) is 11.5 Å². The number of benzene rings is 2. The van der Waals surface area contributed by atoms with Crippen LogP contribution in [0.3, 0.4) is 0 Å². The number of alkyl halides is 3. The van der Waals surface area contributed by atoms with Crippen LogP contribution in [0, 0.1) is 5.92 Å². The Morgan fingerprint density at radius 1 is 1.11 bits per heavy atom. The summed E-state index contributed by atoms with van der Waals surface area (Å²) in [5.41, 5.74) is 0.350. The van der Waals surface area contributed by atoms with Crippen LogP contribution in [0.25, 0.3) is 0 Å². The van der Waals surface area contributed by atoms with Gasteiger partial charge in [-0.25, -0.2) is 0 Å². The van der Waals surface area contributed by atoms with Crippen molar-refractivity contribution in [3.63, 3.8) is 0 Å². The molecule has 7 heteroatoms. The topological polar surface area (TPSA) is 40.6 Å². The fraction of sp³-hybridized carbons (Fsp3) is 0.300. The smallest absolute Gasteiger partial charge is 0.312 e. The Labute approximate surface area is 155 Å². The minimum atomic E-state index is -4.43. The summed E-state index contributed by atoms with van der Waals surface area (Å²) in [6.45, 7) is 2.48. The molecule has 1 atom stereocenters. The van der Waals surface area contributed by atoms with E-state index in [9.17, 15) is 22.8 Å². The maximum absolute atomic E-state index is 12.9. The molecule has 2 amide bonds. The van der Waals surface area contributed by atoms with Crippen LogP contribution in [0.1, 0.15) is 18.9 Å². The third kappa shape index (κ3) is 3.97. The third-order valence-corrected chi connectivity index (χ3v) is 4.63. The first-order valence-electron chi connectivity index (χ1n) is 8.65. The van der Waals surface area contributed by atoms with Crippen molar-refractivity contribution in [1.82, 2.24) is 0 Å². The molecule has 1 fully saturated rings. The molecule has 2 aromatic rings. The standard InChI is InChI=1S/C20H19F3N2O2/c1-2-24(16-6-4-3-5-7-16)19(27)14-12-18(26)25(13-14)17-10-8-15(9-11-17)20(21,22)23/h3-11,14H,2,12-13H2,1H3. The van der Waals surface area contributed by atoms with E-state index in [4.69, 9.17) is 0 Å². The van der Waals surface area contributed by atoms with Crippen LogP contribution < -0.4 is 9.80 Å². The Hall–Kier alpha value is -2.83. The van der Waals surface area contributed by atoms with Gasteiger partial charge in [-0.1, -0.05) is 18.2 Å². The predicted molar refractivity (Wildman–Crippen MR) is 96.4 cm³/mol. The molecule has 1 saturated heterocycles. The van der Waals surface area contributed by atoms with Crippen molar-refractivity contribution in [3.8, 4) is 0 Å². The van der Waals surface area contributed by atoms with E-state index in [2.05, 4.69) is 0 Å². The molecule has 0 spiro atoms. The first-order valence-corrected chi connectivity index (χ1v) is 8.65. The quantitative estimate of drug-likeness (QED) is 0.806. The zero-order chi connectivity index (χ0) is 19.6. The molecule has 1 aliphatic rings. The van der Waals surface area contributed by atoms with E-state index in [-0.39, 0.29) is 24.8 Å². The van der Waals surface area contributed by atoms with Crippen LogP contribution in [0.5, 0.6) is 0 Å². The summed E-state index contributed by atoms with van der Waals surface area (Å²) in [6, 6.07) is 13.6. The molecule has 27 heavy (non-hydrogen) atoms. The van der Waals surface area contributed by atoms with Crippen LogP contribution in [-0.4, -0.2) is 24.9 Å². The molecule has 1 aliphatic heterocycles. The minimum absolute atomic E-state index is 0.0448. The summed E-state index contributed by atoms with van der Waals surface area (Å²) in [5, 5.41) is 0. The van der Waals surface area contributed by atoms with E-state index in [1.54, 1.807) is 4.90 Å². The summed E-state index contributed by atoms with van der Waals surface area (Å²) in [4.78, 5) is 28.2. The van der Waals surface area contributed by atoms with Crippen molar-refractivity contribution in [2.45, 2.75) is 19.5 Å². The van der Waals surface area contributed by atoms with E-state index in [1.807, 2.05) is 37.3 Å². The van der Waals surface area contributed by atoms with Gasteiger partial charge >= 0.3 is 6.18 Å². The number of halogens is 3. The van der Waals surface area contributed by atoms with E-state index in [1.165, 1.54) is 17.0 Å². The van der Waals surface area contributed by atoms with Gasteiger partial charge in [-0.05, 0) is 43.3 Å². The van der Waals surface area contributed by atoms with Crippen LogP contribution in [-0.2, 0) is 15.8 Å². The number of carbonyl (C=O) groups is 2. The Kier molecular flexibility index (Phi) is 5.21. The summed E-state index contributed by atoms with van der Waals surface area (Å²) in [5.74, 6) is -0.955.